The van der Waals surface area contributed by atoms with Crippen molar-refractivity contribution in [2.24, 2.45) is 11.8 Å². The summed E-state index contributed by atoms with van der Waals surface area (Å²) in [5.74, 6) is -1.62. The third kappa shape index (κ3) is 11.0. The summed E-state index contributed by atoms with van der Waals surface area (Å²) in [5.41, 5.74) is 1.30. The second kappa shape index (κ2) is 18.9. The number of hydrogen-bond donors (Lipinski definition) is 1. The van der Waals surface area contributed by atoms with Gasteiger partial charge in [-0.15, -0.1) is 0 Å². The number of benzene rings is 3. The first-order chi connectivity index (χ1) is 27.0. The molecule has 1 aliphatic carbocycles. The molecule has 2 atom stereocenters. The highest BCUT2D eigenvalue weighted by Gasteiger charge is 2.29. The number of piperidine rings is 1. The molecule has 2 heterocycles. The van der Waals surface area contributed by atoms with Crippen molar-refractivity contribution < 1.29 is 46.4 Å². The molecule has 1 saturated carbocycles. The number of alkyl halides is 2. The Hall–Kier alpha value is -4.72. The lowest BCUT2D eigenvalue weighted by molar-refractivity contribution is -0.605. The van der Waals surface area contributed by atoms with Crippen LogP contribution in [-0.2, 0) is 20.7 Å². The van der Waals surface area contributed by atoms with Crippen LogP contribution in [0.4, 0.5) is 18.9 Å². The van der Waals surface area contributed by atoms with Crippen LogP contribution in [0.25, 0.3) is 0 Å². The summed E-state index contributed by atoms with van der Waals surface area (Å²) >= 11 is 12.8. The van der Waals surface area contributed by atoms with E-state index in [0.29, 0.717) is 34.1 Å². The largest absolute Gasteiger partial charge is 0.619 e. The fourth-order valence-electron chi connectivity index (χ4n) is 6.45. The number of likely N-dealkylation sites (tertiary alicyclic amines) is 1. The molecule has 3 aromatic carbocycles. The summed E-state index contributed by atoms with van der Waals surface area (Å²) in [4.78, 5) is 29.5. The van der Waals surface area contributed by atoms with Crippen LogP contribution in [0.15, 0.2) is 79.1 Å². The first-order valence-corrected chi connectivity index (χ1v) is 19.2. The van der Waals surface area contributed by atoms with E-state index in [9.17, 15) is 23.6 Å². The van der Waals surface area contributed by atoms with Crippen LogP contribution in [-0.4, -0.2) is 56.3 Å². The molecular formula is C41H42Cl2F3N3O7. The third-order valence-corrected chi connectivity index (χ3v) is 10.6. The first kappa shape index (κ1) is 40.9. The monoisotopic (exact) mass is 815 g/mol. The van der Waals surface area contributed by atoms with Crippen molar-refractivity contribution in [3.8, 4) is 11.5 Å². The number of hydrogen-bond acceptors (Lipinski definition) is 9. The molecule has 0 bridgehead atoms. The number of rotatable bonds is 17. The minimum atomic E-state index is -3.10. The molecule has 1 N–H and O–H groups in total. The Kier molecular flexibility index (Phi) is 13.8. The van der Waals surface area contributed by atoms with Gasteiger partial charge in [-0.05, 0) is 105 Å². The number of halogens is 5. The van der Waals surface area contributed by atoms with Crippen molar-refractivity contribution in [2.45, 2.75) is 57.8 Å². The number of aromatic nitrogens is 1. The van der Waals surface area contributed by atoms with Crippen molar-refractivity contribution in [1.29, 1.82) is 0 Å². The Balaban J connectivity index is 1.21. The van der Waals surface area contributed by atoms with Crippen LogP contribution in [0.3, 0.4) is 0 Å². The SMILES string of the molecule is CCN1CCC(COC(=O)C(Nc2ccc(C(=O)O[C@@H](Cc3c(Cl)c[n+]([O-])cc3Cl)c3ccc(OC(F)F)c(OCC4CC4)c3)cc2)c2ccccc2F)CC1. The topological polar surface area (TPSA) is 113 Å². The molecule has 15 heteroatoms. The molecule has 4 aromatic rings. The molecule has 10 nitrogen and oxygen atoms in total. The van der Waals surface area contributed by atoms with E-state index in [1.165, 1.54) is 48.5 Å². The molecule has 56 heavy (non-hydrogen) atoms. The predicted molar refractivity (Wildman–Crippen MR) is 204 cm³/mol. The second-order valence-corrected chi connectivity index (χ2v) is 14.7. The molecule has 1 aliphatic heterocycles. The van der Waals surface area contributed by atoms with Gasteiger partial charge in [-0.2, -0.15) is 13.5 Å². The van der Waals surface area contributed by atoms with Crippen LogP contribution < -0.4 is 19.5 Å². The van der Waals surface area contributed by atoms with Gasteiger partial charge in [0.05, 0.1) is 18.8 Å². The molecule has 0 spiro atoms. The molecule has 0 amide bonds. The van der Waals surface area contributed by atoms with Gasteiger partial charge in [0, 0.05) is 23.2 Å². The van der Waals surface area contributed by atoms with Gasteiger partial charge < -0.3 is 34.4 Å². The minimum absolute atomic E-state index is 0.0247. The van der Waals surface area contributed by atoms with Gasteiger partial charge >= 0.3 is 18.6 Å². The van der Waals surface area contributed by atoms with E-state index < -0.39 is 36.5 Å². The van der Waals surface area contributed by atoms with Gasteiger partial charge in [0.2, 0.25) is 0 Å². The Morgan fingerprint density at radius 2 is 1.61 bits per heavy atom. The highest BCUT2D eigenvalue weighted by Crippen LogP contribution is 2.38. The van der Waals surface area contributed by atoms with Crippen LogP contribution in [0.1, 0.15) is 71.8 Å². The maximum Gasteiger partial charge on any atom is 0.387 e. The second-order valence-electron chi connectivity index (χ2n) is 13.9. The average molecular weight is 817 g/mol. The number of esters is 2. The minimum Gasteiger partial charge on any atom is -0.619 e. The zero-order chi connectivity index (χ0) is 39.8. The summed E-state index contributed by atoms with van der Waals surface area (Å²) in [5, 5.41) is 15.1. The zero-order valence-electron chi connectivity index (χ0n) is 30.6. The van der Waals surface area contributed by atoms with E-state index in [0.717, 1.165) is 57.7 Å². The summed E-state index contributed by atoms with van der Waals surface area (Å²) < 4.78 is 64.2. The van der Waals surface area contributed by atoms with Gasteiger partial charge in [0.1, 0.15) is 22.0 Å². The van der Waals surface area contributed by atoms with Crippen molar-refractivity contribution in [1.82, 2.24) is 4.90 Å². The van der Waals surface area contributed by atoms with E-state index in [1.54, 1.807) is 18.2 Å². The number of nitrogens with one attached hydrogen (secondary N) is 1. The van der Waals surface area contributed by atoms with E-state index >= 15 is 4.39 Å². The van der Waals surface area contributed by atoms with Crippen LogP contribution >= 0.6 is 23.2 Å². The van der Waals surface area contributed by atoms with Crippen molar-refractivity contribution in [3.05, 3.63) is 122 Å². The predicted octanol–water partition coefficient (Wildman–Crippen LogP) is 8.73. The molecule has 0 radical (unpaired) electrons. The van der Waals surface area contributed by atoms with Crippen LogP contribution in [0.2, 0.25) is 10.0 Å². The molecule has 2 fully saturated rings. The van der Waals surface area contributed by atoms with E-state index in [2.05, 4.69) is 21.9 Å². The Bertz CT molecular complexity index is 1960. The van der Waals surface area contributed by atoms with E-state index in [4.69, 9.17) is 37.4 Å². The fraction of sp³-hybridized carbons (Fsp3) is 0.390. The maximum absolute atomic E-state index is 15.0. The molecular weight excluding hydrogens is 774 g/mol. The molecule has 1 aromatic heterocycles. The quantitative estimate of drug-likeness (QED) is 0.0635. The number of pyridine rings is 1. The standard InChI is InChI=1S/C41H42Cl2F3N3O7/c1-2-48-17-15-26(16-18-48)24-54-40(51)38(30-5-3-4-6-34(30)44)47-29-12-9-27(10-13-29)39(50)55-36(20-31-32(42)21-49(52)22-33(31)43)28-11-14-35(56-41(45)46)37(19-28)53-23-25-7-8-25/h3-6,9-14,19,21-22,25-26,36,38,41,47H,2,7-8,15-18,20,23-24H2,1H3/t36-,38?/m0/s1. The average Bonchev–Trinajstić information content (AvgIpc) is 4.02. The van der Waals surface area contributed by atoms with Crippen LogP contribution in [0.5, 0.6) is 11.5 Å². The molecule has 298 valence electrons. The number of carbonyl (C=O) groups excluding carboxylic acids is 2. The number of ether oxygens (including phenoxy) is 4. The number of carbonyl (C=O) groups is 2. The normalized spacial score (nSPS) is 15.9. The Morgan fingerprint density at radius 1 is 0.929 bits per heavy atom. The lowest BCUT2D eigenvalue weighted by Crippen LogP contribution is -2.35. The summed E-state index contributed by atoms with van der Waals surface area (Å²) in [7, 11) is 0. The van der Waals surface area contributed by atoms with Crippen molar-refractivity contribution in [3.63, 3.8) is 0 Å². The smallest absolute Gasteiger partial charge is 0.387 e. The Morgan fingerprint density at radius 3 is 2.25 bits per heavy atom. The Labute approximate surface area is 333 Å². The number of anilines is 1. The highest BCUT2D eigenvalue weighted by molar-refractivity contribution is 6.35. The molecule has 1 unspecified atom stereocenters. The fourth-order valence-corrected chi connectivity index (χ4v) is 7.05. The summed E-state index contributed by atoms with van der Waals surface area (Å²) in [6.07, 6.45) is 4.75. The van der Waals surface area contributed by atoms with Crippen molar-refractivity contribution in [2.75, 3.05) is 38.2 Å². The lowest BCUT2D eigenvalue weighted by atomic mass is 9.98. The van der Waals surface area contributed by atoms with Gasteiger partial charge in [0.25, 0.3) is 0 Å². The molecule has 6 rings (SSSR count). The highest BCUT2D eigenvalue weighted by atomic mass is 35.5. The van der Waals surface area contributed by atoms with E-state index in [-0.39, 0.29) is 51.6 Å². The van der Waals surface area contributed by atoms with Gasteiger partial charge in [-0.1, -0.05) is 54.4 Å². The maximum atomic E-state index is 15.0. The summed E-state index contributed by atoms with van der Waals surface area (Å²) in [6, 6.07) is 15.0. The van der Waals surface area contributed by atoms with Gasteiger partial charge in [-0.25, -0.2) is 14.0 Å². The van der Waals surface area contributed by atoms with Gasteiger partial charge in [0.15, 0.2) is 29.9 Å². The zero-order valence-corrected chi connectivity index (χ0v) is 32.1. The van der Waals surface area contributed by atoms with Crippen LogP contribution in [0, 0.1) is 22.9 Å². The molecule has 2 aliphatic rings. The van der Waals surface area contributed by atoms with E-state index in [1.807, 2.05) is 0 Å². The molecule has 1 saturated heterocycles. The third-order valence-electron chi connectivity index (χ3n) is 9.92. The number of nitrogens with zero attached hydrogens (tertiary/aromatic N) is 2. The first-order valence-electron chi connectivity index (χ1n) is 18.5. The summed E-state index contributed by atoms with van der Waals surface area (Å²) in [6.45, 7) is 2.35. The van der Waals surface area contributed by atoms with Crippen molar-refractivity contribution >= 4 is 40.8 Å². The lowest BCUT2D eigenvalue weighted by Gasteiger charge is -2.31. The van der Waals surface area contributed by atoms with Gasteiger partial charge in [-0.3, -0.25) is 0 Å².